The van der Waals surface area contributed by atoms with Crippen molar-refractivity contribution < 1.29 is 18.3 Å². The Hall–Kier alpha value is -2.58. The molecule has 4 heterocycles. The standard InChI is InChI=1S/C21H24F2N4O2/c1-21(2)13-24-9-15(29-21)12-28-20-16-4-3-6-25-18(16)8-17(26-20)14-5-7-27(10-14)11-19(22)23/h3-8,10,15,19,24H,9,11-13H2,1-2H3/t15-/m0/s1. The van der Waals surface area contributed by atoms with Crippen molar-refractivity contribution >= 4 is 10.9 Å². The maximum absolute atomic E-state index is 12.7. The Bertz CT molecular complexity index is 990. The number of nitrogens with one attached hydrogen (secondary N) is 1. The van der Waals surface area contributed by atoms with E-state index in [0.717, 1.165) is 23.0 Å². The molecule has 0 aromatic carbocycles. The molecule has 0 bridgehead atoms. The van der Waals surface area contributed by atoms with Crippen LogP contribution < -0.4 is 10.1 Å². The Labute approximate surface area is 167 Å². The van der Waals surface area contributed by atoms with Gasteiger partial charge in [-0.3, -0.25) is 4.98 Å². The fourth-order valence-electron chi connectivity index (χ4n) is 3.50. The summed E-state index contributed by atoms with van der Waals surface area (Å²) in [6.45, 7) is 5.57. The van der Waals surface area contributed by atoms with Gasteiger partial charge in [-0.1, -0.05) is 0 Å². The van der Waals surface area contributed by atoms with Gasteiger partial charge in [0.25, 0.3) is 6.43 Å². The van der Waals surface area contributed by atoms with Crippen molar-refractivity contribution in [2.45, 2.75) is 38.5 Å². The van der Waals surface area contributed by atoms with Gasteiger partial charge in [-0.05, 0) is 38.1 Å². The third-order valence-electron chi connectivity index (χ3n) is 4.77. The topological polar surface area (TPSA) is 61.2 Å². The number of hydrogen-bond acceptors (Lipinski definition) is 5. The van der Waals surface area contributed by atoms with Crippen LogP contribution in [0.1, 0.15) is 13.8 Å². The van der Waals surface area contributed by atoms with Crippen LogP contribution in [-0.4, -0.2) is 52.4 Å². The minimum Gasteiger partial charge on any atom is -0.474 e. The molecule has 3 aromatic rings. The van der Waals surface area contributed by atoms with Gasteiger partial charge in [0.1, 0.15) is 12.7 Å². The summed E-state index contributed by atoms with van der Waals surface area (Å²) in [6, 6.07) is 7.34. The number of halogens is 2. The molecular weight excluding hydrogens is 378 g/mol. The first-order valence-corrected chi connectivity index (χ1v) is 9.61. The molecule has 1 N–H and O–H groups in total. The van der Waals surface area contributed by atoms with Crippen LogP contribution in [0, 0.1) is 0 Å². The molecule has 8 heteroatoms. The van der Waals surface area contributed by atoms with Gasteiger partial charge >= 0.3 is 0 Å². The Balaban J connectivity index is 1.60. The molecule has 1 fully saturated rings. The number of alkyl halides is 2. The Morgan fingerprint density at radius 2 is 2.24 bits per heavy atom. The van der Waals surface area contributed by atoms with E-state index in [1.807, 2.05) is 32.0 Å². The second-order valence-corrected chi connectivity index (χ2v) is 7.81. The van der Waals surface area contributed by atoms with E-state index in [1.54, 1.807) is 24.7 Å². The zero-order chi connectivity index (χ0) is 20.4. The molecule has 6 nitrogen and oxygen atoms in total. The molecular formula is C21H24F2N4O2. The predicted molar refractivity (Wildman–Crippen MR) is 106 cm³/mol. The number of morpholine rings is 1. The number of fused-ring (bicyclic) bond motifs is 1. The summed E-state index contributed by atoms with van der Waals surface area (Å²) in [5, 5.41) is 4.15. The third kappa shape index (κ3) is 4.71. The Morgan fingerprint density at radius 1 is 1.38 bits per heavy atom. The van der Waals surface area contributed by atoms with Gasteiger partial charge in [0, 0.05) is 37.2 Å². The maximum atomic E-state index is 12.7. The van der Waals surface area contributed by atoms with Crippen molar-refractivity contribution in [2.75, 3.05) is 19.7 Å². The monoisotopic (exact) mass is 402 g/mol. The summed E-state index contributed by atoms with van der Waals surface area (Å²) in [4.78, 5) is 9.06. The van der Waals surface area contributed by atoms with Crippen molar-refractivity contribution in [1.82, 2.24) is 19.9 Å². The first-order chi connectivity index (χ1) is 13.9. The van der Waals surface area contributed by atoms with Crippen LogP contribution in [0.5, 0.6) is 5.88 Å². The number of rotatable bonds is 6. The van der Waals surface area contributed by atoms with E-state index in [2.05, 4.69) is 15.3 Å². The number of hydrogen-bond donors (Lipinski definition) is 1. The lowest BCUT2D eigenvalue weighted by Gasteiger charge is -2.36. The molecule has 0 unspecified atom stereocenters. The van der Waals surface area contributed by atoms with E-state index in [0.29, 0.717) is 24.7 Å². The van der Waals surface area contributed by atoms with Crippen LogP contribution >= 0.6 is 0 Å². The highest BCUT2D eigenvalue weighted by atomic mass is 19.3. The lowest BCUT2D eigenvalue weighted by molar-refractivity contribution is -0.107. The minimum atomic E-state index is -2.41. The van der Waals surface area contributed by atoms with E-state index >= 15 is 0 Å². The molecule has 1 saturated heterocycles. The van der Waals surface area contributed by atoms with E-state index in [4.69, 9.17) is 9.47 Å². The fraction of sp³-hybridized carbons (Fsp3) is 0.429. The number of aromatic nitrogens is 3. The molecule has 0 aliphatic carbocycles. The normalized spacial score (nSPS) is 19.0. The van der Waals surface area contributed by atoms with E-state index in [9.17, 15) is 8.78 Å². The average Bonchev–Trinajstić information content (AvgIpc) is 3.13. The summed E-state index contributed by atoms with van der Waals surface area (Å²) >= 11 is 0. The van der Waals surface area contributed by atoms with Crippen molar-refractivity contribution in [3.05, 3.63) is 42.9 Å². The van der Waals surface area contributed by atoms with E-state index in [-0.39, 0.29) is 18.2 Å². The molecule has 3 aromatic heterocycles. The van der Waals surface area contributed by atoms with Gasteiger partial charge in [0.2, 0.25) is 5.88 Å². The highest BCUT2D eigenvalue weighted by molar-refractivity contribution is 5.86. The second-order valence-electron chi connectivity index (χ2n) is 7.81. The van der Waals surface area contributed by atoms with E-state index in [1.165, 1.54) is 4.57 Å². The second kappa shape index (κ2) is 8.04. The zero-order valence-corrected chi connectivity index (χ0v) is 16.4. The van der Waals surface area contributed by atoms with Crippen molar-refractivity contribution in [3.63, 3.8) is 0 Å². The van der Waals surface area contributed by atoms with E-state index < -0.39 is 6.43 Å². The van der Waals surface area contributed by atoms with Gasteiger partial charge in [0.15, 0.2) is 0 Å². The first-order valence-electron chi connectivity index (χ1n) is 9.61. The molecule has 154 valence electrons. The molecule has 1 atom stereocenters. The van der Waals surface area contributed by atoms with Crippen LogP contribution in [0.15, 0.2) is 42.9 Å². The van der Waals surface area contributed by atoms with Gasteiger partial charge in [-0.25, -0.2) is 13.8 Å². The van der Waals surface area contributed by atoms with Crippen LogP contribution in [-0.2, 0) is 11.3 Å². The number of pyridine rings is 2. The lowest BCUT2D eigenvalue weighted by Crippen LogP contribution is -2.52. The predicted octanol–water partition coefficient (Wildman–Crippen LogP) is 3.51. The molecule has 0 spiro atoms. The summed E-state index contributed by atoms with van der Waals surface area (Å²) in [5.74, 6) is 0.458. The van der Waals surface area contributed by atoms with Gasteiger partial charge in [-0.2, -0.15) is 0 Å². The smallest absolute Gasteiger partial charge is 0.256 e. The molecule has 29 heavy (non-hydrogen) atoms. The Morgan fingerprint density at radius 3 is 3.03 bits per heavy atom. The fourth-order valence-corrected chi connectivity index (χ4v) is 3.50. The maximum Gasteiger partial charge on any atom is 0.256 e. The summed E-state index contributed by atoms with van der Waals surface area (Å²) in [7, 11) is 0. The highest BCUT2D eigenvalue weighted by Crippen LogP contribution is 2.29. The van der Waals surface area contributed by atoms with Crippen molar-refractivity contribution in [1.29, 1.82) is 0 Å². The van der Waals surface area contributed by atoms with Crippen molar-refractivity contribution in [3.8, 4) is 17.1 Å². The molecule has 1 aliphatic rings. The Kier molecular flexibility index (Phi) is 5.47. The molecule has 4 rings (SSSR count). The lowest BCUT2D eigenvalue weighted by atomic mass is 10.1. The van der Waals surface area contributed by atoms with Gasteiger partial charge < -0.3 is 19.4 Å². The van der Waals surface area contributed by atoms with Crippen molar-refractivity contribution in [2.24, 2.45) is 0 Å². The summed E-state index contributed by atoms with van der Waals surface area (Å²) in [6.07, 6.45) is 2.48. The highest BCUT2D eigenvalue weighted by Gasteiger charge is 2.29. The average molecular weight is 402 g/mol. The SMILES string of the molecule is CC1(C)CNC[C@@H](COc2nc(-c3ccn(CC(F)F)c3)cc3ncccc23)O1. The molecule has 0 amide bonds. The van der Waals surface area contributed by atoms with Crippen LogP contribution in [0.2, 0.25) is 0 Å². The van der Waals surface area contributed by atoms with Gasteiger partial charge in [-0.15, -0.1) is 0 Å². The minimum absolute atomic E-state index is 0.0944. The molecule has 1 aliphatic heterocycles. The van der Waals surface area contributed by atoms with Gasteiger partial charge in [0.05, 0.1) is 28.7 Å². The number of nitrogens with zero attached hydrogens (tertiary/aromatic N) is 3. The van der Waals surface area contributed by atoms with Crippen LogP contribution in [0.4, 0.5) is 8.78 Å². The first kappa shape index (κ1) is 19.7. The quantitative estimate of drug-likeness (QED) is 0.684. The number of ether oxygens (including phenoxy) is 2. The van der Waals surface area contributed by atoms with Crippen LogP contribution in [0.25, 0.3) is 22.2 Å². The third-order valence-corrected chi connectivity index (χ3v) is 4.77. The largest absolute Gasteiger partial charge is 0.474 e. The summed E-state index contributed by atoms with van der Waals surface area (Å²) in [5.41, 5.74) is 1.85. The van der Waals surface area contributed by atoms with Crippen LogP contribution in [0.3, 0.4) is 0 Å². The molecule has 0 radical (unpaired) electrons. The summed E-state index contributed by atoms with van der Waals surface area (Å²) < 4.78 is 38.9. The zero-order valence-electron chi connectivity index (χ0n) is 16.4. The molecule has 0 saturated carbocycles.